The first-order chi connectivity index (χ1) is 14.3. The van der Waals surface area contributed by atoms with E-state index in [2.05, 4.69) is 20.3 Å². The molecule has 0 atom stereocenters. The molecule has 0 bridgehead atoms. The van der Waals surface area contributed by atoms with E-state index in [1.807, 2.05) is 6.07 Å². The van der Waals surface area contributed by atoms with Crippen molar-refractivity contribution in [3.05, 3.63) is 77.6 Å². The molecule has 6 nitrogen and oxygen atoms in total. The Kier molecular flexibility index (Phi) is 4.79. The Balaban J connectivity index is 1.78. The maximum Gasteiger partial charge on any atom is 0.451 e. The van der Waals surface area contributed by atoms with Crippen LogP contribution in [-0.4, -0.2) is 19.5 Å². The number of imidazole rings is 1. The number of rotatable bonds is 4. The van der Waals surface area contributed by atoms with Crippen LogP contribution in [0, 0.1) is 17.1 Å². The Labute approximate surface area is 167 Å². The van der Waals surface area contributed by atoms with Crippen LogP contribution in [-0.2, 0) is 12.7 Å². The summed E-state index contributed by atoms with van der Waals surface area (Å²) in [5, 5.41) is 11.6. The summed E-state index contributed by atoms with van der Waals surface area (Å²) in [6, 6.07) is 13.9. The molecule has 150 valence electrons. The van der Waals surface area contributed by atoms with Crippen molar-refractivity contribution in [1.29, 1.82) is 5.26 Å². The molecule has 0 aliphatic rings. The normalized spacial score (nSPS) is 11.4. The predicted octanol–water partition coefficient (Wildman–Crippen LogP) is 4.65. The molecule has 0 spiro atoms. The van der Waals surface area contributed by atoms with Crippen molar-refractivity contribution in [2.45, 2.75) is 12.7 Å². The number of nitriles is 1. The quantitative estimate of drug-likeness (QED) is 0.494. The molecule has 1 N–H and O–H groups in total. The van der Waals surface area contributed by atoms with E-state index < -0.39 is 17.8 Å². The zero-order valence-corrected chi connectivity index (χ0v) is 15.2. The number of nitrogens with zero attached hydrogens (tertiary/aromatic N) is 5. The summed E-state index contributed by atoms with van der Waals surface area (Å²) in [7, 11) is 0. The monoisotopic (exact) mass is 412 g/mol. The van der Waals surface area contributed by atoms with Crippen LogP contribution in [0.15, 0.2) is 54.9 Å². The number of nitrogens with one attached hydrogen (secondary N) is 1. The minimum absolute atomic E-state index is 0.0272. The highest BCUT2D eigenvalue weighted by Gasteiger charge is 2.36. The van der Waals surface area contributed by atoms with Crippen molar-refractivity contribution < 1.29 is 17.6 Å². The molecule has 0 unspecified atom stereocenters. The Morgan fingerprint density at radius 1 is 1.07 bits per heavy atom. The van der Waals surface area contributed by atoms with E-state index in [4.69, 9.17) is 5.26 Å². The van der Waals surface area contributed by atoms with Crippen LogP contribution in [0.25, 0.3) is 11.2 Å². The minimum Gasteiger partial charge on any atom is -0.338 e. The zero-order chi connectivity index (χ0) is 21.3. The van der Waals surface area contributed by atoms with E-state index in [-0.39, 0.29) is 29.2 Å². The van der Waals surface area contributed by atoms with Crippen LogP contribution in [0.4, 0.5) is 29.1 Å². The standard InChI is InChI=1S/C20H12F4N6/c21-14-2-1-3-15(8-14)27-17-16-18(29-19(28-17)20(22,23)24)30(11-26-16)10-13-6-4-12(9-25)5-7-13/h1-8,11H,10H2,(H,27,28,29). The van der Waals surface area contributed by atoms with Gasteiger partial charge in [-0.1, -0.05) is 18.2 Å². The van der Waals surface area contributed by atoms with Gasteiger partial charge in [-0.2, -0.15) is 18.4 Å². The van der Waals surface area contributed by atoms with Gasteiger partial charge in [0.2, 0.25) is 5.82 Å². The largest absolute Gasteiger partial charge is 0.451 e. The van der Waals surface area contributed by atoms with Gasteiger partial charge >= 0.3 is 6.18 Å². The highest BCUT2D eigenvalue weighted by Crippen LogP contribution is 2.31. The van der Waals surface area contributed by atoms with Gasteiger partial charge in [0.05, 0.1) is 24.5 Å². The number of halogens is 4. The van der Waals surface area contributed by atoms with Crippen molar-refractivity contribution >= 4 is 22.7 Å². The fourth-order valence-electron chi connectivity index (χ4n) is 2.86. The first kappa shape index (κ1) is 19.3. The van der Waals surface area contributed by atoms with Crippen LogP contribution in [0.3, 0.4) is 0 Å². The van der Waals surface area contributed by atoms with Crippen molar-refractivity contribution in [3.8, 4) is 6.07 Å². The number of hydrogen-bond acceptors (Lipinski definition) is 5. The third-order valence-corrected chi connectivity index (χ3v) is 4.24. The maximum absolute atomic E-state index is 13.5. The van der Waals surface area contributed by atoms with Crippen LogP contribution in [0.1, 0.15) is 17.0 Å². The molecular formula is C20H12F4N6. The Bertz CT molecular complexity index is 1260. The summed E-state index contributed by atoms with van der Waals surface area (Å²) in [5.41, 5.74) is 1.53. The fraction of sp³-hybridized carbons (Fsp3) is 0.100. The topological polar surface area (TPSA) is 79.4 Å². The number of aromatic nitrogens is 4. The summed E-state index contributed by atoms with van der Waals surface area (Å²) < 4.78 is 55.0. The van der Waals surface area contributed by atoms with E-state index in [0.29, 0.717) is 5.56 Å². The molecule has 4 aromatic rings. The van der Waals surface area contributed by atoms with Gasteiger partial charge in [-0.3, -0.25) is 0 Å². The first-order valence-corrected chi connectivity index (χ1v) is 8.65. The average molecular weight is 412 g/mol. The molecule has 2 aromatic carbocycles. The molecule has 0 amide bonds. The van der Waals surface area contributed by atoms with Gasteiger partial charge in [0.25, 0.3) is 0 Å². The minimum atomic E-state index is -4.78. The second-order valence-electron chi connectivity index (χ2n) is 6.38. The molecule has 0 aliphatic carbocycles. The van der Waals surface area contributed by atoms with Crippen molar-refractivity contribution in [2.75, 3.05) is 5.32 Å². The van der Waals surface area contributed by atoms with Gasteiger partial charge in [-0.15, -0.1) is 0 Å². The van der Waals surface area contributed by atoms with E-state index in [9.17, 15) is 17.6 Å². The van der Waals surface area contributed by atoms with Crippen LogP contribution < -0.4 is 5.32 Å². The van der Waals surface area contributed by atoms with Crippen molar-refractivity contribution in [3.63, 3.8) is 0 Å². The third kappa shape index (κ3) is 3.91. The molecule has 2 aromatic heterocycles. The van der Waals surface area contributed by atoms with Gasteiger partial charge in [0.15, 0.2) is 17.0 Å². The molecule has 0 fully saturated rings. The van der Waals surface area contributed by atoms with Crippen LogP contribution >= 0.6 is 0 Å². The lowest BCUT2D eigenvalue weighted by atomic mass is 10.1. The number of alkyl halides is 3. The zero-order valence-electron chi connectivity index (χ0n) is 15.2. The Hall–Kier alpha value is -4.00. The second kappa shape index (κ2) is 7.44. The van der Waals surface area contributed by atoms with E-state index in [1.54, 1.807) is 24.3 Å². The highest BCUT2D eigenvalue weighted by molar-refractivity contribution is 5.85. The number of fused-ring (bicyclic) bond motifs is 1. The SMILES string of the molecule is N#Cc1ccc(Cn2cnc3c(Nc4cccc(F)c4)nc(C(F)(F)F)nc32)cc1. The highest BCUT2D eigenvalue weighted by atomic mass is 19.4. The summed E-state index contributed by atoms with van der Waals surface area (Å²) in [6.07, 6.45) is -3.43. The molecule has 0 saturated carbocycles. The van der Waals surface area contributed by atoms with Crippen LogP contribution in [0.2, 0.25) is 0 Å². The third-order valence-electron chi connectivity index (χ3n) is 4.24. The molecule has 4 rings (SSSR count). The van der Waals surface area contributed by atoms with E-state index >= 15 is 0 Å². The summed E-state index contributed by atoms with van der Waals surface area (Å²) in [4.78, 5) is 11.4. The van der Waals surface area contributed by atoms with Gasteiger partial charge in [0, 0.05) is 5.69 Å². The van der Waals surface area contributed by atoms with Gasteiger partial charge < -0.3 is 9.88 Å². The van der Waals surface area contributed by atoms with Gasteiger partial charge in [-0.25, -0.2) is 19.3 Å². The molecule has 30 heavy (non-hydrogen) atoms. The average Bonchev–Trinajstić information content (AvgIpc) is 3.11. The number of benzene rings is 2. The van der Waals surface area contributed by atoms with Crippen molar-refractivity contribution in [2.24, 2.45) is 0 Å². The Morgan fingerprint density at radius 3 is 2.50 bits per heavy atom. The second-order valence-corrected chi connectivity index (χ2v) is 6.38. The first-order valence-electron chi connectivity index (χ1n) is 8.65. The molecule has 10 heteroatoms. The van der Waals surface area contributed by atoms with E-state index in [1.165, 1.54) is 29.1 Å². The number of anilines is 2. The summed E-state index contributed by atoms with van der Waals surface area (Å²) in [5.74, 6) is -2.07. The van der Waals surface area contributed by atoms with Gasteiger partial charge in [-0.05, 0) is 35.9 Å². The summed E-state index contributed by atoms with van der Waals surface area (Å²) >= 11 is 0. The van der Waals surface area contributed by atoms with E-state index in [0.717, 1.165) is 11.6 Å². The summed E-state index contributed by atoms with van der Waals surface area (Å²) in [6.45, 7) is 0.190. The maximum atomic E-state index is 13.5. The predicted molar refractivity (Wildman–Crippen MR) is 100 cm³/mol. The lowest BCUT2D eigenvalue weighted by Gasteiger charge is -2.11. The van der Waals surface area contributed by atoms with Crippen molar-refractivity contribution in [1.82, 2.24) is 19.5 Å². The van der Waals surface area contributed by atoms with Crippen LogP contribution in [0.5, 0.6) is 0 Å². The molecular weight excluding hydrogens is 400 g/mol. The molecule has 0 radical (unpaired) electrons. The molecule has 2 heterocycles. The Morgan fingerprint density at radius 2 is 1.83 bits per heavy atom. The number of hydrogen-bond donors (Lipinski definition) is 1. The van der Waals surface area contributed by atoms with Gasteiger partial charge in [0.1, 0.15) is 5.82 Å². The lowest BCUT2D eigenvalue weighted by Crippen LogP contribution is -2.14. The smallest absolute Gasteiger partial charge is 0.338 e. The molecule has 0 aliphatic heterocycles. The molecule has 0 saturated heterocycles. The fourth-order valence-corrected chi connectivity index (χ4v) is 2.86. The lowest BCUT2D eigenvalue weighted by molar-refractivity contribution is -0.144.